The number of nitrogens with two attached hydrogens (primary N) is 1. The number of benzene rings is 1. The van der Waals surface area contributed by atoms with Crippen LogP contribution in [-0.2, 0) is 4.74 Å². The summed E-state index contributed by atoms with van der Waals surface area (Å²) in [7, 11) is 1.66. The summed E-state index contributed by atoms with van der Waals surface area (Å²) in [5.74, 6) is 0.628. The van der Waals surface area contributed by atoms with E-state index in [1.807, 2.05) is 6.92 Å². The van der Waals surface area contributed by atoms with Gasteiger partial charge in [-0.05, 0) is 31.2 Å². The Morgan fingerprint density at radius 1 is 1.32 bits per heavy atom. The summed E-state index contributed by atoms with van der Waals surface area (Å²) in [5, 5.41) is 2.80. The van der Waals surface area contributed by atoms with Crippen LogP contribution in [0.25, 0.3) is 0 Å². The van der Waals surface area contributed by atoms with Crippen molar-refractivity contribution in [1.29, 1.82) is 0 Å². The Bertz CT molecular complexity index is 379. The first kappa shape index (κ1) is 15.5. The number of nitrogens with one attached hydrogen (secondary N) is 1. The Labute approximate surface area is 114 Å². The van der Waals surface area contributed by atoms with E-state index in [1.165, 1.54) is 0 Å². The molecule has 19 heavy (non-hydrogen) atoms. The Kier molecular flexibility index (Phi) is 6.92. The van der Waals surface area contributed by atoms with Gasteiger partial charge in [-0.1, -0.05) is 0 Å². The maximum Gasteiger partial charge on any atom is 0.251 e. The lowest BCUT2D eigenvalue weighted by Crippen LogP contribution is -2.37. The Morgan fingerprint density at radius 3 is 2.58 bits per heavy atom. The number of hydrogen-bond donors (Lipinski definition) is 2. The van der Waals surface area contributed by atoms with Gasteiger partial charge in [0.05, 0.1) is 6.61 Å². The van der Waals surface area contributed by atoms with Gasteiger partial charge in [-0.3, -0.25) is 4.79 Å². The van der Waals surface area contributed by atoms with Crippen molar-refractivity contribution in [3.63, 3.8) is 0 Å². The maximum absolute atomic E-state index is 11.8. The van der Waals surface area contributed by atoms with Gasteiger partial charge in [-0.15, -0.1) is 0 Å². The zero-order valence-electron chi connectivity index (χ0n) is 11.5. The predicted octanol–water partition coefficient (Wildman–Crippen LogP) is 1.18. The van der Waals surface area contributed by atoms with E-state index < -0.39 is 0 Å². The van der Waals surface area contributed by atoms with Crippen LogP contribution in [0.1, 0.15) is 23.7 Å². The minimum atomic E-state index is -0.121. The number of carbonyl (C=O) groups is 1. The minimum absolute atomic E-state index is 0.0301. The Morgan fingerprint density at radius 2 is 2.00 bits per heavy atom. The van der Waals surface area contributed by atoms with Crippen molar-refractivity contribution < 1.29 is 14.3 Å². The normalized spacial score (nSPS) is 11.9. The summed E-state index contributed by atoms with van der Waals surface area (Å²) in [6, 6.07) is 7.02. The van der Waals surface area contributed by atoms with Crippen LogP contribution in [0.15, 0.2) is 24.3 Å². The lowest BCUT2D eigenvalue weighted by molar-refractivity contribution is 0.0941. The van der Waals surface area contributed by atoms with Gasteiger partial charge in [0.25, 0.3) is 5.91 Å². The van der Waals surface area contributed by atoms with Crippen LogP contribution in [0.5, 0.6) is 5.75 Å². The van der Waals surface area contributed by atoms with E-state index >= 15 is 0 Å². The quantitative estimate of drug-likeness (QED) is 0.693. The van der Waals surface area contributed by atoms with E-state index in [0.717, 1.165) is 12.2 Å². The zero-order chi connectivity index (χ0) is 14.1. The number of carbonyl (C=O) groups excluding carboxylic acids is 1. The minimum Gasteiger partial charge on any atom is -0.494 e. The standard InChI is InChI=1S/C14H22N2O3/c1-11(10-15)16-14(17)12-4-6-13(7-5-12)19-9-3-8-18-2/h4-7,11H,3,8-10,15H2,1-2H3,(H,16,17)/t11-/m0/s1. The molecule has 1 atom stereocenters. The van der Waals surface area contributed by atoms with Crippen molar-refractivity contribution in [2.75, 3.05) is 26.9 Å². The molecule has 5 nitrogen and oxygen atoms in total. The highest BCUT2D eigenvalue weighted by atomic mass is 16.5. The maximum atomic E-state index is 11.8. The summed E-state index contributed by atoms with van der Waals surface area (Å²) in [6.45, 7) is 3.57. The smallest absolute Gasteiger partial charge is 0.251 e. The average molecular weight is 266 g/mol. The summed E-state index contributed by atoms with van der Waals surface area (Å²) in [6.07, 6.45) is 0.840. The fourth-order valence-corrected chi connectivity index (χ4v) is 1.46. The molecule has 0 spiro atoms. The third kappa shape index (κ3) is 5.72. The second-order valence-corrected chi connectivity index (χ2v) is 4.33. The zero-order valence-corrected chi connectivity index (χ0v) is 11.5. The molecule has 0 saturated carbocycles. The monoisotopic (exact) mass is 266 g/mol. The highest BCUT2D eigenvalue weighted by Gasteiger charge is 2.08. The van der Waals surface area contributed by atoms with Crippen LogP contribution in [0.3, 0.4) is 0 Å². The fraction of sp³-hybridized carbons (Fsp3) is 0.500. The SMILES string of the molecule is COCCCOc1ccc(C(=O)N[C@@H](C)CN)cc1. The third-order valence-electron chi connectivity index (χ3n) is 2.61. The number of amides is 1. The molecular weight excluding hydrogens is 244 g/mol. The van der Waals surface area contributed by atoms with Crippen LogP contribution >= 0.6 is 0 Å². The second kappa shape index (κ2) is 8.50. The van der Waals surface area contributed by atoms with E-state index in [2.05, 4.69) is 5.32 Å². The van der Waals surface area contributed by atoms with Gasteiger partial charge in [0.2, 0.25) is 0 Å². The molecule has 3 N–H and O–H groups in total. The molecule has 5 heteroatoms. The van der Waals surface area contributed by atoms with E-state index in [4.69, 9.17) is 15.2 Å². The molecule has 0 radical (unpaired) electrons. The first-order valence-corrected chi connectivity index (χ1v) is 6.40. The highest BCUT2D eigenvalue weighted by molar-refractivity contribution is 5.94. The Hall–Kier alpha value is -1.59. The molecule has 0 aliphatic rings. The van der Waals surface area contributed by atoms with E-state index in [1.54, 1.807) is 31.4 Å². The topological polar surface area (TPSA) is 73.6 Å². The summed E-state index contributed by atoms with van der Waals surface area (Å²) in [5.41, 5.74) is 6.06. The molecule has 0 fully saturated rings. The number of methoxy groups -OCH3 is 1. The molecular formula is C14H22N2O3. The van der Waals surface area contributed by atoms with Crippen LogP contribution < -0.4 is 15.8 Å². The molecule has 1 aromatic carbocycles. The van der Waals surface area contributed by atoms with Gasteiger partial charge in [-0.25, -0.2) is 0 Å². The van der Waals surface area contributed by atoms with E-state index in [9.17, 15) is 4.79 Å². The fourth-order valence-electron chi connectivity index (χ4n) is 1.46. The molecule has 0 aliphatic heterocycles. The van der Waals surface area contributed by atoms with Crippen LogP contribution in [-0.4, -0.2) is 38.8 Å². The molecule has 106 valence electrons. The molecule has 0 bridgehead atoms. The molecule has 0 heterocycles. The summed E-state index contributed by atoms with van der Waals surface area (Å²) < 4.78 is 10.4. The third-order valence-corrected chi connectivity index (χ3v) is 2.61. The van der Waals surface area contributed by atoms with Crippen molar-refractivity contribution in [2.24, 2.45) is 5.73 Å². The van der Waals surface area contributed by atoms with E-state index in [0.29, 0.717) is 25.3 Å². The van der Waals surface area contributed by atoms with Gasteiger partial charge >= 0.3 is 0 Å². The molecule has 0 unspecified atom stereocenters. The van der Waals surface area contributed by atoms with Crippen LogP contribution in [0.2, 0.25) is 0 Å². The van der Waals surface area contributed by atoms with Crippen molar-refractivity contribution in [3.8, 4) is 5.75 Å². The molecule has 1 rings (SSSR count). The second-order valence-electron chi connectivity index (χ2n) is 4.33. The molecule has 1 aromatic rings. The van der Waals surface area contributed by atoms with Crippen LogP contribution in [0.4, 0.5) is 0 Å². The average Bonchev–Trinajstić information content (AvgIpc) is 2.44. The van der Waals surface area contributed by atoms with Crippen molar-refractivity contribution in [3.05, 3.63) is 29.8 Å². The lowest BCUT2D eigenvalue weighted by Gasteiger charge is -2.11. The molecule has 0 saturated heterocycles. The largest absolute Gasteiger partial charge is 0.494 e. The van der Waals surface area contributed by atoms with E-state index in [-0.39, 0.29) is 11.9 Å². The van der Waals surface area contributed by atoms with Crippen molar-refractivity contribution in [1.82, 2.24) is 5.32 Å². The molecule has 0 aliphatic carbocycles. The van der Waals surface area contributed by atoms with Crippen molar-refractivity contribution >= 4 is 5.91 Å². The summed E-state index contributed by atoms with van der Waals surface area (Å²) >= 11 is 0. The van der Waals surface area contributed by atoms with Gasteiger partial charge < -0.3 is 20.5 Å². The van der Waals surface area contributed by atoms with Crippen LogP contribution in [0, 0.1) is 0 Å². The first-order valence-electron chi connectivity index (χ1n) is 6.40. The predicted molar refractivity (Wildman–Crippen MR) is 74.4 cm³/mol. The molecule has 1 amide bonds. The van der Waals surface area contributed by atoms with Crippen molar-refractivity contribution in [2.45, 2.75) is 19.4 Å². The van der Waals surface area contributed by atoms with Gasteiger partial charge in [0.1, 0.15) is 5.75 Å². The van der Waals surface area contributed by atoms with Gasteiger partial charge in [-0.2, -0.15) is 0 Å². The number of ether oxygens (including phenoxy) is 2. The first-order chi connectivity index (χ1) is 9.17. The van der Waals surface area contributed by atoms with Gasteiger partial charge in [0.15, 0.2) is 0 Å². The van der Waals surface area contributed by atoms with Gasteiger partial charge in [0, 0.05) is 38.3 Å². The number of rotatable bonds is 8. The number of hydrogen-bond acceptors (Lipinski definition) is 4. The highest BCUT2D eigenvalue weighted by Crippen LogP contribution is 2.12. The Balaban J connectivity index is 2.44. The summed E-state index contributed by atoms with van der Waals surface area (Å²) in [4.78, 5) is 11.8. The molecule has 0 aromatic heterocycles. The lowest BCUT2D eigenvalue weighted by atomic mass is 10.2.